The van der Waals surface area contributed by atoms with Crippen molar-refractivity contribution in [2.75, 3.05) is 24.3 Å². The fourth-order valence-electron chi connectivity index (χ4n) is 4.17. The van der Waals surface area contributed by atoms with Crippen molar-refractivity contribution in [2.24, 2.45) is 5.92 Å². The molecule has 178 valence electrons. The zero-order chi connectivity index (χ0) is 24.1. The Labute approximate surface area is 207 Å². The van der Waals surface area contributed by atoms with Gasteiger partial charge in [-0.05, 0) is 56.2 Å². The number of nitrogens with one attached hydrogen (secondary N) is 1. The number of hydrogen-bond acceptors (Lipinski definition) is 7. The summed E-state index contributed by atoms with van der Waals surface area (Å²) in [5, 5.41) is 14.3. The van der Waals surface area contributed by atoms with Gasteiger partial charge in [0.05, 0.1) is 22.2 Å². The predicted octanol–water partition coefficient (Wildman–Crippen LogP) is 4.61. The van der Waals surface area contributed by atoms with Gasteiger partial charge in [-0.1, -0.05) is 30.8 Å². The molecule has 1 unspecified atom stereocenters. The number of aromatic nitrogens is 2. The number of anilines is 1. The van der Waals surface area contributed by atoms with Gasteiger partial charge in [-0.25, -0.2) is 4.98 Å². The Kier molecular flexibility index (Phi) is 8.03. The van der Waals surface area contributed by atoms with Gasteiger partial charge in [0, 0.05) is 24.6 Å². The summed E-state index contributed by atoms with van der Waals surface area (Å²) >= 11 is 2.75. The number of ether oxygens (including phenoxy) is 1. The monoisotopic (exact) mass is 496 g/mol. The highest BCUT2D eigenvalue weighted by molar-refractivity contribution is 7.99. The van der Waals surface area contributed by atoms with Crippen LogP contribution in [0.1, 0.15) is 42.7 Å². The first-order valence-corrected chi connectivity index (χ1v) is 13.4. The smallest absolute Gasteiger partial charge is 0.262 e. The van der Waals surface area contributed by atoms with E-state index in [-0.39, 0.29) is 17.2 Å². The summed E-state index contributed by atoms with van der Waals surface area (Å²) in [5.41, 5.74) is 2.19. The minimum atomic E-state index is -0.212. The van der Waals surface area contributed by atoms with Crippen molar-refractivity contribution in [3.8, 4) is 6.07 Å². The molecule has 34 heavy (non-hydrogen) atoms. The van der Waals surface area contributed by atoms with Crippen LogP contribution in [0.3, 0.4) is 0 Å². The molecule has 0 spiro atoms. The first-order chi connectivity index (χ1) is 16.5. The van der Waals surface area contributed by atoms with E-state index in [1.807, 2.05) is 25.1 Å². The van der Waals surface area contributed by atoms with Gasteiger partial charge in [0.2, 0.25) is 5.91 Å². The molecular formula is C25H28N4O3S2. The topological polar surface area (TPSA) is 97.0 Å². The van der Waals surface area contributed by atoms with Crippen molar-refractivity contribution in [3.63, 3.8) is 0 Å². The molecule has 0 saturated carbocycles. The van der Waals surface area contributed by atoms with E-state index in [0.29, 0.717) is 58.7 Å². The summed E-state index contributed by atoms with van der Waals surface area (Å²) in [7, 11) is 0. The minimum Gasteiger partial charge on any atom is -0.382 e. The number of thioether (sulfide) groups is 1. The second kappa shape index (κ2) is 11.2. The number of rotatable bonds is 9. The van der Waals surface area contributed by atoms with E-state index in [1.165, 1.54) is 28.0 Å². The zero-order valence-corrected chi connectivity index (χ0v) is 21.1. The molecule has 2 heterocycles. The molecule has 2 aromatic heterocycles. The molecule has 0 saturated heterocycles. The van der Waals surface area contributed by atoms with Crippen LogP contribution in [0.15, 0.2) is 34.2 Å². The number of thiophene rings is 1. The van der Waals surface area contributed by atoms with Crippen LogP contribution in [0.5, 0.6) is 0 Å². The Hall–Kier alpha value is -2.67. The van der Waals surface area contributed by atoms with Gasteiger partial charge in [0.25, 0.3) is 5.56 Å². The van der Waals surface area contributed by atoms with Gasteiger partial charge in [-0.15, -0.1) is 11.3 Å². The van der Waals surface area contributed by atoms with Crippen molar-refractivity contribution in [1.29, 1.82) is 5.26 Å². The van der Waals surface area contributed by atoms with Gasteiger partial charge < -0.3 is 10.1 Å². The zero-order valence-electron chi connectivity index (χ0n) is 19.4. The highest BCUT2D eigenvalue weighted by Gasteiger charge is 2.25. The van der Waals surface area contributed by atoms with E-state index in [1.54, 1.807) is 10.6 Å². The predicted molar refractivity (Wildman–Crippen MR) is 137 cm³/mol. The van der Waals surface area contributed by atoms with Crippen LogP contribution in [0, 0.1) is 17.2 Å². The number of fused-ring (bicyclic) bond motifs is 2. The molecule has 9 heteroatoms. The molecule has 0 aliphatic heterocycles. The Morgan fingerprint density at radius 2 is 2.24 bits per heavy atom. The molecule has 3 aromatic rings. The average Bonchev–Trinajstić information content (AvgIpc) is 3.17. The molecule has 1 atom stereocenters. The summed E-state index contributed by atoms with van der Waals surface area (Å²) in [6.07, 6.45) is 3.58. The van der Waals surface area contributed by atoms with Gasteiger partial charge in [-0.3, -0.25) is 14.2 Å². The van der Waals surface area contributed by atoms with E-state index < -0.39 is 0 Å². The van der Waals surface area contributed by atoms with Gasteiger partial charge in [0.15, 0.2) is 5.16 Å². The molecule has 1 aliphatic carbocycles. The normalized spacial score (nSPS) is 15.1. The maximum absolute atomic E-state index is 13.1. The van der Waals surface area contributed by atoms with Crippen LogP contribution in [-0.2, 0) is 28.9 Å². The van der Waals surface area contributed by atoms with E-state index in [0.717, 1.165) is 24.8 Å². The second-order valence-corrected chi connectivity index (χ2v) is 10.5. The van der Waals surface area contributed by atoms with Crippen molar-refractivity contribution in [1.82, 2.24) is 9.55 Å². The molecule has 0 radical (unpaired) electrons. The lowest BCUT2D eigenvalue weighted by molar-refractivity contribution is -0.113. The summed E-state index contributed by atoms with van der Waals surface area (Å²) in [6.45, 7) is 5.80. The Morgan fingerprint density at radius 1 is 1.41 bits per heavy atom. The van der Waals surface area contributed by atoms with Gasteiger partial charge >= 0.3 is 0 Å². The molecule has 0 fully saturated rings. The van der Waals surface area contributed by atoms with Crippen molar-refractivity contribution in [2.45, 2.75) is 51.2 Å². The molecule has 4 rings (SSSR count). The third-order valence-electron chi connectivity index (χ3n) is 5.91. The largest absolute Gasteiger partial charge is 0.382 e. The number of hydrogen-bond donors (Lipinski definition) is 1. The quantitative estimate of drug-likeness (QED) is 0.264. The molecule has 1 N–H and O–H groups in total. The third-order valence-corrected chi connectivity index (χ3v) is 8.06. The average molecular weight is 497 g/mol. The van der Waals surface area contributed by atoms with Gasteiger partial charge in [-0.2, -0.15) is 5.26 Å². The highest BCUT2D eigenvalue weighted by Crippen LogP contribution is 2.39. The molecular weight excluding hydrogens is 468 g/mol. The molecule has 1 aliphatic rings. The second-order valence-electron chi connectivity index (χ2n) is 8.42. The summed E-state index contributed by atoms with van der Waals surface area (Å²) in [6, 6.07) is 9.54. The first kappa shape index (κ1) is 24.5. The standard InChI is InChI=1S/C25H28N4O3S2/c1-3-32-12-6-11-29-24(31)18-7-4-5-8-20(18)27-25(29)33-15-22(30)28-23-19(14-26)17-10-9-16(2)13-21(17)34-23/h4-5,7-8,16H,3,6,9-13,15H2,1-2H3,(H,28,30). The van der Waals surface area contributed by atoms with E-state index in [2.05, 4.69) is 23.3 Å². The van der Waals surface area contributed by atoms with Crippen LogP contribution in [-0.4, -0.2) is 34.4 Å². The van der Waals surface area contributed by atoms with E-state index >= 15 is 0 Å². The lowest BCUT2D eigenvalue weighted by atomic mass is 9.89. The maximum atomic E-state index is 13.1. The summed E-state index contributed by atoms with van der Waals surface area (Å²) in [5.74, 6) is 0.478. The third kappa shape index (κ3) is 5.35. The number of amides is 1. The number of nitrogens with zero attached hydrogens (tertiary/aromatic N) is 3. The number of carbonyl (C=O) groups excluding carboxylic acids is 1. The van der Waals surface area contributed by atoms with Crippen LogP contribution in [0.25, 0.3) is 10.9 Å². The van der Waals surface area contributed by atoms with Crippen LogP contribution >= 0.6 is 23.1 Å². The first-order valence-electron chi connectivity index (χ1n) is 11.6. The van der Waals surface area contributed by atoms with Crippen LogP contribution < -0.4 is 10.9 Å². The van der Waals surface area contributed by atoms with Crippen LogP contribution in [0.2, 0.25) is 0 Å². The lowest BCUT2D eigenvalue weighted by Crippen LogP contribution is -2.25. The maximum Gasteiger partial charge on any atom is 0.262 e. The fourth-order valence-corrected chi connectivity index (χ4v) is 6.38. The Bertz CT molecular complexity index is 1290. The highest BCUT2D eigenvalue weighted by atomic mass is 32.2. The van der Waals surface area contributed by atoms with Crippen LogP contribution in [0.4, 0.5) is 5.00 Å². The minimum absolute atomic E-state index is 0.0973. The summed E-state index contributed by atoms with van der Waals surface area (Å²) < 4.78 is 7.05. The van der Waals surface area contributed by atoms with Crippen molar-refractivity contribution < 1.29 is 9.53 Å². The van der Waals surface area contributed by atoms with Crippen molar-refractivity contribution in [3.05, 3.63) is 50.6 Å². The SMILES string of the molecule is CCOCCCn1c(SCC(=O)Nc2sc3c(c2C#N)CCC(C)C3)nc2ccccc2c1=O. The lowest BCUT2D eigenvalue weighted by Gasteiger charge is -2.17. The van der Waals surface area contributed by atoms with Gasteiger partial charge in [0.1, 0.15) is 11.1 Å². The van der Waals surface area contributed by atoms with Crippen molar-refractivity contribution >= 4 is 44.9 Å². The molecule has 1 aromatic carbocycles. The summed E-state index contributed by atoms with van der Waals surface area (Å²) in [4.78, 5) is 31.8. The number of para-hydroxylation sites is 1. The van der Waals surface area contributed by atoms with E-state index in [4.69, 9.17) is 4.74 Å². The molecule has 1 amide bonds. The number of carbonyl (C=O) groups is 1. The Morgan fingerprint density at radius 3 is 3.03 bits per heavy atom. The number of nitriles is 1. The number of benzene rings is 1. The fraction of sp³-hybridized carbons (Fsp3) is 0.440. The molecule has 0 bridgehead atoms. The molecule has 7 nitrogen and oxygen atoms in total. The Balaban J connectivity index is 1.51. The van der Waals surface area contributed by atoms with E-state index in [9.17, 15) is 14.9 Å².